The highest BCUT2D eigenvalue weighted by Gasteiger charge is 2.24. The second-order valence-electron chi connectivity index (χ2n) is 8.64. The number of nitrogens with two attached hydrogens (primary N) is 1. The number of aromatic nitrogens is 3. The zero-order valence-corrected chi connectivity index (χ0v) is 21.6. The molecule has 2 aromatic heterocycles. The average Bonchev–Trinajstić information content (AvgIpc) is 2.89. The largest absolute Gasteiger partial charge is 0.365 e. The number of carbonyl (C=O) groups excluding carboxylic acids is 2. The summed E-state index contributed by atoms with van der Waals surface area (Å²) in [6.45, 7) is 3.75. The van der Waals surface area contributed by atoms with Crippen LogP contribution in [0.1, 0.15) is 38.9 Å². The number of halogens is 1. The van der Waals surface area contributed by atoms with Crippen LogP contribution in [0.25, 0.3) is 33.6 Å². The Morgan fingerprint density at radius 2 is 1.59 bits per heavy atom. The summed E-state index contributed by atoms with van der Waals surface area (Å²) < 4.78 is 2.10. The van der Waals surface area contributed by atoms with E-state index < -0.39 is 17.2 Å². The van der Waals surface area contributed by atoms with Gasteiger partial charge in [0, 0.05) is 36.3 Å². The highest BCUT2D eigenvalue weighted by Crippen LogP contribution is 2.39. The number of primary amides is 1. The molecule has 0 saturated carbocycles. The number of carbonyl (C=O) groups is 2. The Morgan fingerprint density at radius 3 is 2.22 bits per heavy atom. The molecule has 0 radical (unpaired) electrons. The standard InChI is InChI=1S/C28H25ClN4O4/c1-5-21-16(14-34)12-13-22(31-21)20-11-7-10-19(24(20)29)17-8-6-9-18(15(17)2)25-23(26(30)35)27(36)33(4)28(37)32(25)3/h6-14H,5H2,1-4H3,(H2,30,35). The van der Waals surface area contributed by atoms with E-state index >= 15 is 0 Å². The molecule has 0 saturated heterocycles. The fourth-order valence-corrected chi connectivity index (χ4v) is 4.88. The number of nitrogens with zero attached hydrogens (tertiary/aromatic N) is 3. The summed E-state index contributed by atoms with van der Waals surface area (Å²) in [5.74, 6) is -0.924. The Bertz CT molecular complexity index is 1700. The molecule has 1 amide bonds. The first-order valence-electron chi connectivity index (χ1n) is 11.6. The molecular formula is C28H25ClN4O4. The highest BCUT2D eigenvalue weighted by atomic mass is 35.5. The van der Waals surface area contributed by atoms with Gasteiger partial charge >= 0.3 is 5.69 Å². The van der Waals surface area contributed by atoms with Crippen LogP contribution in [0, 0.1) is 6.92 Å². The topological polar surface area (TPSA) is 117 Å². The molecule has 0 aliphatic rings. The van der Waals surface area contributed by atoms with Crippen molar-refractivity contribution in [1.82, 2.24) is 14.1 Å². The van der Waals surface area contributed by atoms with Gasteiger partial charge in [-0.15, -0.1) is 0 Å². The van der Waals surface area contributed by atoms with Crippen LogP contribution in [0.2, 0.25) is 5.02 Å². The molecule has 8 nitrogen and oxygen atoms in total. The molecular weight excluding hydrogens is 492 g/mol. The van der Waals surface area contributed by atoms with E-state index in [0.29, 0.717) is 50.6 Å². The number of pyridine rings is 1. The number of benzene rings is 2. The maximum atomic E-state index is 12.8. The first kappa shape index (κ1) is 25.8. The molecule has 0 atom stereocenters. The SMILES string of the molecule is CCc1nc(-c2cccc(-c3cccc(-c4c(C(N)=O)c(=O)n(C)c(=O)n4C)c3C)c2Cl)ccc1C=O. The molecule has 2 N–H and O–H groups in total. The molecule has 188 valence electrons. The van der Waals surface area contributed by atoms with E-state index in [-0.39, 0.29) is 11.3 Å². The van der Waals surface area contributed by atoms with Gasteiger partial charge in [0.1, 0.15) is 5.56 Å². The molecule has 0 bridgehead atoms. The van der Waals surface area contributed by atoms with Gasteiger partial charge in [-0.1, -0.05) is 54.9 Å². The number of hydrogen-bond donors (Lipinski definition) is 1. The minimum Gasteiger partial charge on any atom is -0.365 e. The van der Waals surface area contributed by atoms with Gasteiger partial charge in [0.15, 0.2) is 6.29 Å². The van der Waals surface area contributed by atoms with Crippen LogP contribution in [0.4, 0.5) is 0 Å². The van der Waals surface area contributed by atoms with Gasteiger partial charge in [-0.25, -0.2) is 4.79 Å². The third kappa shape index (κ3) is 4.29. The molecule has 0 spiro atoms. The molecule has 0 unspecified atom stereocenters. The van der Waals surface area contributed by atoms with Crippen molar-refractivity contribution in [3.63, 3.8) is 0 Å². The van der Waals surface area contributed by atoms with Gasteiger partial charge in [-0.3, -0.25) is 28.5 Å². The van der Waals surface area contributed by atoms with Crippen molar-refractivity contribution in [1.29, 1.82) is 0 Å². The molecule has 2 heterocycles. The lowest BCUT2D eigenvalue weighted by Gasteiger charge is -2.18. The third-order valence-corrected chi connectivity index (χ3v) is 6.94. The van der Waals surface area contributed by atoms with E-state index in [1.165, 1.54) is 18.7 Å². The number of rotatable bonds is 6. The maximum absolute atomic E-state index is 12.8. The predicted molar refractivity (Wildman–Crippen MR) is 144 cm³/mol. The Kier molecular flexibility index (Phi) is 6.96. The minimum atomic E-state index is -0.924. The Labute approximate surface area is 218 Å². The van der Waals surface area contributed by atoms with Crippen LogP contribution < -0.4 is 17.0 Å². The van der Waals surface area contributed by atoms with E-state index in [9.17, 15) is 19.2 Å². The lowest BCUT2D eigenvalue weighted by Crippen LogP contribution is -2.42. The summed E-state index contributed by atoms with van der Waals surface area (Å²) in [4.78, 5) is 53.8. The van der Waals surface area contributed by atoms with Gasteiger partial charge in [-0.05, 0) is 36.6 Å². The summed E-state index contributed by atoms with van der Waals surface area (Å²) >= 11 is 6.91. The number of hydrogen-bond acceptors (Lipinski definition) is 5. The summed E-state index contributed by atoms with van der Waals surface area (Å²) in [6.07, 6.45) is 1.38. The molecule has 4 aromatic rings. The molecule has 4 rings (SSSR count). The molecule has 0 aliphatic carbocycles. The lowest BCUT2D eigenvalue weighted by atomic mass is 9.92. The average molecular weight is 517 g/mol. The summed E-state index contributed by atoms with van der Waals surface area (Å²) in [5.41, 5.74) is 9.30. The number of amides is 1. The number of aryl methyl sites for hydroxylation is 1. The number of aldehydes is 1. The Morgan fingerprint density at radius 1 is 0.973 bits per heavy atom. The van der Waals surface area contributed by atoms with Crippen molar-refractivity contribution in [2.24, 2.45) is 19.8 Å². The predicted octanol–water partition coefficient (Wildman–Crippen LogP) is 3.92. The second-order valence-corrected chi connectivity index (χ2v) is 9.02. The van der Waals surface area contributed by atoms with E-state index in [1.54, 1.807) is 24.3 Å². The van der Waals surface area contributed by atoms with Crippen molar-refractivity contribution < 1.29 is 9.59 Å². The summed E-state index contributed by atoms with van der Waals surface area (Å²) in [6, 6.07) is 14.4. The first-order chi connectivity index (χ1) is 17.6. The third-order valence-electron chi connectivity index (χ3n) is 6.54. The molecule has 0 aliphatic heterocycles. The summed E-state index contributed by atoms with van der Waals surface area (Å²) in [5, 5.41) is 0.448. The van der Waals surface area contributed by atoms with Crippen molar-refractivity contribution >= 4 is 23.8 Å². The van der Waals surface area contributed by atoms with E-state index in [1.807, 2.05) is 38.1 Å². The van der Waals surface area contributed by atoms with Crippen LogP contribution in [0.15, 0.2) is 58.1 Å². The zero-order valence-electron chi connectivity index (χ0n) is 20.8. The van der Waals surface area contributed by atoms with Crippen LogP contribution in [0.3, 0.4) is 0 Å². The van der Waals surface area contributed by atoms with E-state index in [2.05, 4.69) is 4.98 Å². The second kappa shape index (κ2) is 9.99. The normalized spacial score (nSPS) is 10.9. The van der Waals surface area contributed by atoms with E-state index in [0.717, 1.165) is 16.4 Å². The minimum absolute atomic E-state index is 0.144. The molecule has 2 aromatic carbocycles. The van der Waals surface area contributed by atoms with Crippen LogP contribution >= 0.6 is 11.6 Å². The highest BCUT2D eigenvalue weighted by molar-refractivity contribution is 6.36. The Hall–Kier alpha value is -4.30. The fraction of sp³-hybridized carbons (Fsp3) is 0.179. The Balaban J connectivity index is 1.97. The van der Waals surface area contributed by atoms with Gasteiger partial charge in [0.05, 0.1) is 22.1 Å². The monoisotopic (exact) mass is 516 g/mol. The van der Waals surface area contributed by atoms with Crippen LogP contribution in [-0.2, 0) is 20.5 Å². The van der Waals surface area contributed by atoms with Crippen molar-refractivity contribution in [2.75, 3.05) is 0 Å². The first-order valence-corrected chi connectivity index (χ1v) is 11.9. The van der Waals surface area contributed by atoms with Crippen LogP contribution in [-0.4, -0.2) is 26.3 Å². The quantitative estimate of drug-likeness (QED) is 0.390. The zero-order chi connectivity index (χ0) is 27.0. The molecule has 9 heteroatoms. The lowest BCUT2D eigenvalue weighted by molar-refractivity contribution is 0.0997. The van der Waals surface area contributed by atoms with E-state index in [4.69, 9.17) is 17.3 Å². The van der Waals surface area contributed by atoms with Gasteiger partial charge < -0.3 is 5.73 Å². The van der Waals surface area contributed by atoms with Gasteiger partial charge in [0.25, 0.3) is 11.5 Å². The van der Waals surface area contributed by atoms with Crippen LogP contribution in [0.5, 0.6) is 0 Å². The van der Waals surface area contributed by atoms with Crippen molar-refractivity contribution in [3.05, 3.63) is 96.8 Å². The van der Waals surface area contributed by atoms with Gasteiger partial charge in [0.2, 0.25) is 0 Å². The molecule has 37 heavy (non-hydrogen) atoms. The maximum Gasteiger partial charge on any atom is 0.330 e. The summed E-state index contributed by atoms with van der Waals surface area (Å²) in [7, 11) is 2.79. The smallest absolute Gasteiger partial charge is 0.330 e. The van der Waals surface area contributed by atoms with Crippen molar-refractivity contribution in [3.8, 4) is 33.6 Å². The molecule has 0 fully saturated rings. The van der Waals surface area contributed by atoms with Crippen molar-refractivity contribution in [2.45, 2.75) is 20.3 Å². The van der Waals surface area contributed by atoms with Gasteiger partial charge in [-0.2, -0.15) is 0 Å². The fourth-order valence-electron chi connectivity index (χ4n) is 4.56.